The molecular weight excluding hydrogens is 265 g/mol. The fraction of sp³-hybridized carbons (Fsp3) is 0.333. The molecule has 0 atom stereocenters. The number of hydrogen-bond donors (Lipinski definition) is 2. The third-order valence-corrected chi connectivity index (χ3v) is 2.42. The summed E-state index contributed by atoms with van der Waals surface area (Å²) in [6, 6.07) is 2.04. The van der Waals surface area contributed by atoms with E-state index in [1.807, 2.05) is 0 Å². The first-order valence-electron chi connectivity index (χ1n) is 5.37. The Balaban J connectivity index is 2.87. The van der Waals surface area contributed by atoms with E-state index in [4.69, 9.17) is 5.11 Å². The van der Waals surface area contributed by atoms with Crippen molar-refractivity contribution >= 4 is 11.8 Å². The largest absolute Gasteiger partial charge is 0.507 e. The van der Waals surface area contributed by atoms with Crippen molar-refractivity contribution in [2.45, 2.75) is 25.4 Å². The fourth-order valence-corrected chi connectivity index (χ4v) is 1.47. The number of hydrogen-bond acceptors (Lipinski definition) is 3. The number of carbonyl (C=O) groups excluding carboxylic acids is 1. The molecule has 2 N–H and O–H groups in total. The first-order valence-corrected chi connectivity index (χ1v) is 5.37. The van der Waals surface area contributed by atoms with Crippen molar-refractivity contribution < 1.29 is 33.0 Å². The Hall–Kier alpha value is -2.05. The first kappa shape index (κ1) is 15.0. The number of alkyl halides is 3. The summed E-state index contributed by atoms with van der Waals surface area (Å²) < 4.78 is 37.4. The lowest BCUT2D eigenvalue weighted by Crippen LogP contribution is -2.08. The Labute approximate surface area is 106 Å². The molecule has 0 heterocycles. The molecule has 0 amide bonds. The minimum Gasteiger partial charge on any atom is -0.507 e. The van der Waals surface area contributed by atoms with Crippen LogP contribution in [0.5, 0.6) is 5.75 Å². The van der Waals surface area contributed by atoms with Crippen molar-refractivity contribution in [1.82, 2.24) is 0 Å². The topological polar surface area (TPSA) is 74.6 Å². The number of benzene rings is 1. The minimum absolute atomic E-state index is 0.00382. The van der Waals surface area contributed by atoms with Crippen molar-refractivity contribution in [3.63, 3.8) is 0 Å². The van der Waals surface area contributed by atoms with Crippen LogP contribution in [0.4, 0.5) is 13.2 Å². The van der Waals surface area contributed by atoms with E-state index >= 15 is 0 Å². The van der Waals surface area contributed by atoms with E-state index < -0.39 is 34.8 Å². The molecule has 0 aromatic heterocycles. The lowest BCUT2D eigenvalue weighted by atomic mass is 10.0. The zero-order valence-electron chi connectivity index (χ0n) is 9.70. The van der Waals surface area contributed by atoms with Gasteiger partial charge in [-0.2, -0.15) is 13.2 Å². The van der Waals surface area contributed by atoms with Crippen LogP contribution in [-0.4, -0.2) is 22.0 Å². The molecule has 1 rings (SSSR count). The monoisotopic (exact) mass is 276 g/mol. The zero-order valence-corrected chi connectivity index (χ0v) is 9.70. The van der Waals surface area contributed by atoms with Crippen LogP contribution in [-0.2, 0) is 11.0 Å². The molecule has 0 aliphatic heterocycles. The lowest BCUT2D eigenvalue weighted by molar-refractivity contribution is -0.138. The predicted octanol–water partition coefficient (Wildman–Crippen LogP) is 2.85. The Bertz CT molecular complexity index is 494. The number of phenolic OH excluding ortho intramolecular Hbond substituents is 1. The minimum atomic E-state index is -4.61. The summed E-state index contributed by atoms with van der Waals surface area (Å²) in [7, 11) is 0. The number of aromatic hydroxyl groups is 1. The van der Waals surface area contributed by atoms with Crippen LogP contribution in [0, 0.1) is 0 Å². The van der Waals surface area contributed by atoms with Crippen molar-refractivity contribution in [2.24, 2.45) is 0 Å². The Kier molecular flexibility index (Phi) is 4.52. The maximum Gasteiger partial charge on any atom is 0.416 e. The summed E-state index contributed by atoms with van der Waals surface area (Å²) in [6.07, 6.45) is -5.10. The number of carboxylic acids is 1. The van der Waals surface area contributed by atoms with Gasteiger partial charge in [0.1, 0.15) is 5.75 Å². The summed E-state index contributed by atoms with van der Waals surface area (Å²) in [5.74, 6) is -2.36. The molecular formula is C12H11F3O4. The smallest absolute Gasteiger partial charge is 0.416 e. The maximum atomic E-state index is 12.5. The normalized spacial score (nSPS) is 11.3. The SMILES string of the molecule is O=C(O)CCCC(=O)c1cc(C(F)(F)F)ccc1O. The van der Waals surface area contributed by atoms with Crippen LogP contribution in [0.3, 0.4) is 0 Å². The molecule has 19 heavy (non-hydrogen) atoms. The van der Waals surface area contributed by atoms with Gasteiger partial charge in [0.15, 0.2) is 5.78 Å². The van der Waals surface area contributed by atoms with E-state index in [1.54, 1.807) is 0 Å². The molecule has 0 aliphatic carbocycles. The van der Waals surface area contributed by atoms with Gasteiger partial charge in [0.05, 0.1) is 11.1 Å². The highest BCUT2D eigenvalue weighted by Crippen LogP contribution is 2.32. The highest BCUT2D eigenvalue weighted by Gasteiger charge is 2.31. The average molecular weight is 276 g/mol. The zero-order chi connectivity index (χ0) is 14.6. The number of Topliss-reactive ketones (excluding diaryl/α,β-unsaturated/α-hetero) is 1. The predicted molar refractivity (Wildman–Crippen MR) is 58.9 cm³/mol. The van der Waals surface area contributed by atoms with E-state index in [9.17, 15) is 27.9 Å². The molecule has 0 spiro atoms. The number of rotatable bonds is 5. The Morgan fingerprint density at radius 1 is 1.16 bits per heavy atom. The number of aliphatic carboxylic acids is 1. The van der Waals surface area contributed by atoms with Crippen LogP contribution >= 0.6 is 0 Å². The van der Waals surface area contributed by atoms with Gasteiger partial charge in [-0.1, -0.05) is 0 Å². The first-order chi connectivity index (χ1) is 8.71. The van der Waals surface area contributed by atoms with E-state index in [2.05, 4.69) is 0 Å². The summed E-state index contributed by atoms with van der Waals surface area (Å²) in [4.78, 5) is 21.9. The number of carbonyl (C=O) groups is 2. The van der Waals surface area contributed by atoms with Crippen molar-refractivity contribution in [2.75, 3.05) is 0 Å². The van der Waals surface area contributed by atoms with Gasteiger partial charge in [0.2, 0.25) is 0 Å². The van der Waals surface area contributed by atoms with Crippen LogP contribution < -0.4 is 0 Å². The summed E-state index contributed by atoms with van der Waals surface area (Å²) in [5, 5.41) is 17.8. The number of halogens is 3. The molecule has 7 heteroatoms. The molecule has 0 bridgehead atoms. The molecule has 0 aliphatic rings. The van der Waals surface area contributed by atoms with Gasteiger partial charge in [-0.25, -0.2) is 0 Å². The highest BCUT2D eigenvalue weighted by atomic mass is 19.4. The van der Waals surface area contributed by atoms with Crippen LogP contribution in [0.1, 0.15) is 35.2 Å². The third-order valence-electron chi connectivity index (χ3n) is 2.42. The second-order valence-corrected chi connectivity index (χ2v) is 3.90. The number of ketones is 1. The second-order valence-electron chi connectivity index (χ2n) is 3.90. The van der Waals surface area contributed by atoms with Gasteiger partial charge in [-0.15, -0.1) is 0 Å². The van der Waals surface area contributed by atoms with Crippen LogP contribution in [0.2, 0.25) is 0 Å². The quantitative estimate of drug-likeness (QED) is 0.811. The second kappa shape index (κ2) is 5.73. The number of carboxylic acid groups (broad SMARTS) is 1. The summed E-state index contributed by atoms with van der Waals surface area (Å²) in [5.41, 5.74) is -1.48. The average Bonchev–Trinajstić information content (AvgIpc) is 2.27. The summed E-state index contributed by atoms with van der Waals surface area (Å²) in [6.45, 7) is 0. The van der Waals surface area contributed by atoms with Crippen LogP contribution in [0.25, 0.3) is 0 Å². The molecule has 1 aromatic carbocycles. The van der Waals surface area contributed by atoms with E-state index in [0.29, 0.717) is 12.1 Å². The lowest BCUT2D eigenvalue weighted by Gasteiger charge is -2.09. The highest BCUT2D eigenvalue weighted by molar-refractivity contribution is 5.98. The van der Waals surface area contributed by atoms with Gasteiger partial charge >= 0.3 is 12.1 Å². The third kappa shape index (κ3) is 4.27. The molecule has 0 radical (unpaired) electrons. The molecule has 0 saturated heterocycles. The van der Waals surface area contributed by atoms with E-state index in [-0.39, 0.29) is 19.3 Å². The van der Waals surface area contributed by atoms with Gasteiger partial charge < -0.3 is 10.2 Å². The standard InChI is InChI=1S/C12H11F3O4/c13-12(14,15)7-4-5-10(17)8(6-7)9(16)2-1-3-11(18)19/h4-6,17H,1-3H2,(H,18,19). The van der Waals surface area contributed by atoms with Crippen LogP contribution in [0.15, 0.2) is 18.2 Å². The van der Waals surface area contributed by atoms with E-state index in [0.717, 1.165) is 6.07 Å². The summed E-state index contributed by atoms with van der Waals surface area (Å²) >= 11 is 0. The van der Waals surface area contributed by atoms with E-state index in [1.165, 1.54) is 0 Å². The molecule has 0 unspecified atom stereocenters. The molecule has 104 valence electrons. The molecule has 0 fully saturated rings. The van der Waals surface area contributed by atoms with Crippen molar-refractivity contribution in [3.05, 3.63) is 29.3 Å². The molecule has 4 nitrogen and oxygen atoms in total. The maximum absolute atomic E-state index is 12.5. The molecule has 1 aromatic rings. The van der Waals surface area contributed by atoms with Gasteiger partial charge in [0.25, 0.3) is 0 Å². The van der Waals surface area contributed by atoms with Gasteiger partial charge in [0, 0.05) is 12.8 Å². The van der Waals surface area contributed by atoms with Crippen molar-refractivity contribution in [1.29, 1.82) is 0 Å². The molecule has 0 saturated carbocycles. The van der Waals surface area contributed by atoms with Gasteiger partial charge in [-0.05, 0) is 24.6 Å². The van der Waals surface area contributed by atoms with Crippen molar-refractivity contribution in [3.8, 4) is 5.75 Å². The number of phenols is 1. The van der Waals surface area contributed by atoms with Gasteiger partial charge in [-0.3, -0.25) is 9.59 Å². The fourth-order valence-electron chi connectivity index (χ4n) is 1.47. The Morgan fingerprint density at radius 2 is 1.79 bits per heavy atom. The Morgan fingerprint density at radius 3 is 2.32 bits per heavy atom.